The van der Waals surface area contributed by atoms with Crippen molar-refractivity contribution in [2.45, 2.75) is 50.6 Å². The van der Waals surface area contributed by atoms with Gasteiger partial charge in [0.25, 0.3) is 11.8 Å². The molecule has 0 unspecified atom stereocenters. The number of nitrogens with zero attached hydrogens (tertiary/aromatic N) is 2. The van der Waals surface area contributed by atoms with Gasteiger partial charge in [-0.3, -0.25) is 30.1 Å². The summed E-state index contributed by atoms with van der Waals surface area (Å²) < 4.78 is 27.5. The molecule has 3 N–H and O–H groups in total. The number of nitrogens with one attached hydrogen (secondary N) is 3. The number of benzene rings is 2. The Bertz CT molecular complexity index is 1530. The second kappa shape index (κ2) is 12.5. The standard InChI is InChI=1S/C29H33N5O5S2/c1-20(35)31-32-28(37)26-24-14-17-33(18-21-8-4-2-5-9-21)19-25(24)40-29(26)30-27(36)22-10-12-23(13-11-22)41(38,39)34-15-6-3-7-16-34/h2,4-5,8-13H,3,6-7,14-19H2,1H3,(H,30,36)(H,31,35)(H,32,37). The SMILES string of the molecule is CC(=O)NNC(=O)c1c(NC(=O)c2ccc(S(=O)(=O)N3CCCCC3)cc2)sc2c1CCN(Cc1ccccc1)C2. The minimum absolute atomic E-state index is 0.149. The van der Waals surface area contributed by atoms with E-state index >= 15 is 0 Å². The molecule has 12 heteroatoms. The van der Waals surface area contributed by atoms with Gasteiger partial charge in [-0.05, 0) is 54.7 Å². The highest BCUT2D eigenvalue weighted by molar-refractivity contribution is 7.89. The molecular formula is C29H33N5O5S2. The van der Waals surface area contributed by atoms with Crippen LogP contribution in [0.25, 0.3) is 0 Å². The van der Waals surface area contributed by atoms with E-state index in [1.54, 1.807) is 0 Å². The molecular weight excluding hydrogens is 562 g/mol. The third kappa shape index (κ3) is 6.67. The van der Waals surface area contributed by atoms with Gasteiger partial charge in [0.1, 0.15) is 5.00 Å². The fourth-order valence-electron chi connectivity index (χ4n) is 5.18. The molecule has 0 aliphatic carbocycles. The Morgan fingerprint density at radius 1 is 0.878 bits per heavy atom. The van der Waals surface area contributed by atoms with Crippen LogP contribution in [0.1, 0.15) is 62.9 Å². The summed E-state index contributed by atoms with van der Waals surface area (Å²) in [4.78, 5) is 41.2. The molecule has 216 valence electrons. The molecule has 1 saturated heterocycles. The first kappa shape index (κ1) is 28.9. The number of carbonyl (C=O) groups excluding carboxylic acids is 3. The number of carbonyl (C=O) groups is 3. The van der Waals surface area contributed by atoms with Crippen LogP contribution in [0.5, 0.6) is 0 Å². The van der Waals surface area contributed by atoms with Crippen molar-refractivity contribution in [2.75, 3.05) is 25.0 Å². The molecule has 3 aromatic rings. The number of hydrogen-bond donors (Lipinski definition) is 3. The maximum absolute atomic E-state index is 13.3. The van der Waals surface area contributed by atoms with E-state index in [0.29, 0.717) is 36.6 Å². The Morgan fingerprint density at radius 2 is 1.59 bits per heavy atom. The van der Waals surface area contributed by atoms with E-state index in [4.69, 9.17) is 0 Å². The average molecular weight is 596 g/mol. The predicted octanol–water partition coefficient (Wildman–Crippen LogP) is 3.51. The van der Waals surface area contributed by atoms with E-state index in [1.165, 1.54) is 52.4 Å². The van der Waals surface area contributed by atoms with Gasteiger partial charge in [-0.2, -0.15) is 4.31 Å². The van der Waals surface area contributed by atoms with Crippen molar-refractivity contribution in [3.8, 4) is 0 Å². The molecule has 41 heavy (non-hydrogen) atoms. The van der Waals surface area contributed by atoms with Crippen LogP contribution in [0, 0.1) is 0 Å². The highest BCUT2D eigenvalue weighted by atomic mass is 32.2. The van der Waals surface area contributed by atoms with Crippen LogP contribution in [0.15, 0.2) is 59.5 Å². The van der Waals surface area contributed by atoms with Crippen molar-refractivity contribution >= 4 is 44.1 Å². The zero-order chi connectivity index (χ0) is 29.0. The number of rotatable bonds is 7. The lowest BCUT2D eigenvalue weighted by atomic mass is 10.0. The highest BCUT2D eigenvalue weighted by Crippen LogP contribution is 2.38. The molecule has 1 fully saturated rings. The van der Waals surface area contributed by atoms with Crippen molar-refractivity contribution in [3.63, 3.8) is 0 Å². The topological polar surface area (TPSA) is 128 Å². The van der Waals surface area contributed by atoms with E-state index in [1.807, 2.05) is 18.2 Å². The average Bonchev–Trinajstić information content (AvgIpc) is 3.34. The number of amides is 3. The third-order valence-corrected chi connectivity index (χ3v) is 10.3. The number of anilines is 1. The van der Waals surface area contributed by atoms with E-state index in [2.05, 4.69) is 33.2 Å². The Labute approximate surface area is 243 Å². The summed E-state index contributed by atoms with van der Waals surface area (Å²) in [6.07, 6.45) is 3.31. The molecule has 2 aromatic carbocycles. The summed E-state index contributed by atoms with van der Waals surface area (Å²) in [5.41, 5.74) is 7.39. The van der Waals surface area contributed by atoms with Crippen LogP contribution >= 0.6 is 11.3 Å². The number of piperidine rings is 1. The molecule has 3 heterocycles. The Hall–Kier alpha value is -3.58. The van der Waals surface area contributed by atoms with Gasteiger partial charge in [0.15, 0.2) is 0 Å². The summed E-state index contributed by atoms with van der Waals surface area (Å²) in [6, 6.07) is 16.0. The van der Waals surface area contributed by atoms with Crippen molar-refractivity contribution in [2.24, 2.45) is 0 Å². The molecule has 1 aromatic heterocycles. The van der Waals surface area contributed by atoms with Crippen LogP contribution in [-0.4, -0.2) is 55.0 Å². The van der Waals surface area contributed by atoms with E-state index in [9.17, 15) is 22.8 Å². The highest BCUT2D eigenvalue weighted by Gasteiger charge is 2.30. The van der Waals surface area contributed by atoms with Crippen LogP contribution in [0.2, 0.25) is 0 Å². The summed E-state index contributed by atoms with van der Waals surface area (Å²) in [6.45, 7) is 4.41. The second-order valence-corrected chi connectivity index (χ2v) is 13.3. The molecule has 3 amide bonds. The molecule has 0 spiro atoms. The van der Waals surface area contributed by atoms with Gasteiger partial charge < -0.3 is 5.32 Å². The second-order valence-electron chi connectivity index (χ2n) is 10.2. The number of hydrogen-bond acceptors (Lipinski definition) is 7. The maximum atomic E-state index is 13.3. The van der Waals surface area contributed by atoms with E-state index in [0.717, 1.165) is 42.8 Å². The third-order valence-electron chi connectivity index (χ3n) is 7.26. The lowest BCUT2D eigenvalue weighted by Crippen LogP contribution is -2.41. The first-order chi connectivity index (χ1) is 19.7. The van der Waals surface area contributed by atoms with Crippen molar-refractivity contribution < 1.29 is 22.8 Å². The fourth-order valence-corrected chi connectivity index (χ4v) is 7.98. The molecule has 0 bridgehead atoms. The predicted molar refractivity (Wildman–Crippen MR) is 157 cm³/mol. The van der Waals surface area contributed by atoms with Gasteiger partial charge in [-0.1, -0.05) is 36.8 Å². The smallest absolute Gasteiger partial charge is 0.272 e. The van der Waals surface area contributed by atoms with E-state index < -0.39 is 27.7 Å². The van der Waals surface area contributed by atoms with Crippen LogP contribution in [0.3, 0.4) is 0 Å². The van der Waals surface area contributed by atoms with Crippen molar-refractivity contribution in [1.29, 1.82) is 0 Å². The first-order valence-electron chi connectivity index (χ1n) is 13.6. The van der Waals surface area contributed by atoms with Crippen molar-refractivity contribution in [1.82, 2.24) is 20.1 Å². The number of hydrazine groups is 1. The molecule has 0 saturated carbocycles. The summed E-state index contributed by atoms with van der Waals surface area (Å²) in [7, 11) is -3.61. The Balaban J connectivity index is 1.36. The van der Waals surface area contributed by atoms with E-state index in [-0.39, 0.29) is 10.5 Å². The molecule has 5 rings (SSSR count). The first-order valence-corrected chi connectivity index (χ1v) is 15.9. The lowest BCUT2D eigenvalue weighted by Gasteiger charge is -2.27. The Kier molecular flexibility index (Phi) is 8.83. The summed E-state index contributed by atoms with van der Waals surface area (Å²) in [5.74, 6) is -1.38. The molecule has 2 aliphatic heterocycles. The number of thiophene rings is 1. The van der Waals surface area contributed by atoms with Gasteiger partial charge in [0.2, 0.25) is 15.9 Å². The minimum atomic E-state index is -3.61. The van der Waals surface area contributed by atoms with Gasteiger partial charge in [-0.25, -0.2) is 8.42 Å². The normalized spacial score (nSPS) is 16.0. The minimum Gasteiger partial charge on any atom is -0.313 e. The van der Waals surface area contributed by atoms with Gasteiger partial charge >= 0.3 is 0 Å². The van der Waals surface area contributed by atoms with Crippen LogP contribution < -0.4 is 16.2 Å². The van der Waals surface area contributed by atoms with Gasteiger partial charge in [-0.15, -0.1) is 11.3 Å². The largest absolute Gasteiger partial charge is 0.313 e. The molecule has 2 aliphatic rings. The van der Waals surface area contributed by atoms with Gasteiger partial charge in [0, 0.05) is 50.1 Å². The molecule has 10 nitrogen and oxygen atoms in total. The maximum Gasteiger partial charge on any atom is 0.272 e. The van der Waals surface area contributed by atoms with Crippen LogP contribution in [0.4, 0.5) is 5.00 Å². The molecule has 0 radical (unpaired) electrons. The number of sulfonamides is 1. The van der Waals surface area contributed by atoms with Gasteiger partial charge in [0.05, 0.1) is 10.5 Å². The van der Waals surface area contributed by atoms with Crippen LogP contribution in [-0.2, 0) is 34.3 Å². The fraction of sp³-hybridized carbons (Fsp3) is 0.345. The summed E-state index contributed by atoms with van der Waals surface area (Å²) in [5, 5.41) is 3.25. The lowest BCUT2D eigenvalue weighted by molar-refractivity contribution is -0.119. The Morgan fingerprint density at radius 3 is 2.27 bits per heavy atom. The summed E-state index contributed by atoms with van der Waals surface area (Å²) >= 11 is 1.34. The zero-order valence-electron chi connectivity index (χ0n) is 22.8. The number of fused-ring (bicyclic) bond motifs is 1. The van der Waals surface area contributed by atoms with Crippen molar-refractivity contribution in [3.05, 3.63) is 81.7 Å². The molecule has 0 atom stereocenters. The quantitative estimate of drug-likeness (QED) is 0.359. The zero-order valence-corrected chi connectivity index (χ0v) is 24.4. The monoisotopic (exact) mass is 595 g/mol.